The number of hydrogen-bond donors (Lipinski definition) is 0. The van der Waals surface area contributed by atoms with Gasteiger partial charge in [0.15, 0.2) is 6.39 Å². The lowest BCUT2D eigenvalue weighted by Gasteiger charge is -1.96. The van der Waals surface area contributed by atoms with E-state index in [1.54, 1.807) is 6.20 Å². The molecule has 0 unspecified atom stereocenters. The molecule has 1 aromatic heterocycles. The van der Waals surface area contributed by atoms with Gasteiger partial charge in [-0.3, -0.25) is 0 Å². The summed E-state index contributed by atoms with van der Waals surface area (Å²) in [6, 6.07) is 0. The number of hydrogen-bond acceptors (Lipinski definition) is 2. The van der Waals surface area contributed by atoms with E-state index in [0.29, 0.717) is 0 Å². The molecule has 0 bridgehead atoms. The van der Waals surface area contributed by atoms with Crippen LogP contribution in [0.1, 0.15) is 19.6 Å². The zero-order chi connectivity index (χ0) is 6.69. The van der Waals surface area contributed by atoms with E-state index in [9.17, 15) is 0 Å². The Bertz CT molecular complexity index is 155. The number of nitrogens with zero attached hydrogens (tertiary/aromatic N) is 1. The average Bonchev–Trinajstić information content (AvgIpc) is 2.15. The Morgan fingerprint density at radius 2 is 2.44 bits per heavy atom. The standard InChI is InChI=1S/C7H10NO/c1-6(2)3-7-4-8-5-9-7/h4-5H,3H2,1-2H3. The van der Waals surface area contributed by atoms with Gasteiger partial charge in [0.05, 0.1) is 6.20 Å². The highest BCUT2D eigenvalue weighted by Gasteiger charge is 1.99. The zero-order valence-electron chi connectivity index (χ0n) is 5.72. The Kier molecular flexibility index (Phi) is 1.88. The molecule has 0 aliphatic rings. The third-order valence-electron chi connectivity index (χ3n) is 1.01. The van der Waals surface area contributed by atoms with Crippen molar-refractivity contribution < 1.29 is 4.42 Å². The van der Waals surface area contributed by atoms with Crippen LogP contribution in [0.5, 0.6) is 0 Å². The minimum absolute atomic E-state index is 0.903. The van der Waals surface area contributed by atoms with Gasteiger partial charge in [0.1, 0.15) is 5.76 Å². The fraction of sp³-hybridized carbons (Fsp3) is 0.429. The van der Waals surface area contributed by atoms with Crippen molar-refractivity contribution in [2.45, 2.75) is 20.3 Å². The van der Waals surface area contributed by atoms with Crippen molar-refractivity contribution in [1.29, 1.82) is 0 Å². The molecule has 0 amide bonds. The van der Waals surface area contributed by atoms with E-state index in [1.807, 2.05) is 0 Å². The van der Waals surface area contributed by atoms with Gasteiger partial charge in [-0.05, 0) is 5.92 Å². The minimum atomic E-state index is 0.903. The van der Waals surface area contributed by atoms with Crippen LogP contribution in [-0.2, 0) is 6.42 Å². The van der Waals surface area contributed by atoms with Crippen LogP contribution in [0.15, 0.2) is 17.0 Å². The smallest absolute Gasteiger partial charge is 0.180 e. The Balaban J connectivity index is 2.48. The Labute approximate surface area is 54.9 Å². The Morgan fingerprint density at radius 3 is 2.89 bits per heavy atom. The molecule has 0 aromatic carbocycles. The lowest BCUT2D eigenvalue weighted by atomic mass is 10.1. The highest BCUT2D eigenvalue weighted by molar-refractivity contribution is 4.97. The van der Waals surface area contributed by atoms with Crippen LogP contribution in [0.2, 0.25) is 0 Å². The van der Waals surface area contributed by atoms with Crippen LogP contribution in [0.3, 0.4) is 0 Å². The maximum Gasteiger partial charge on any atom is 0.180 e. The van der Waals surface area contributed by atoms with Gasteiger partial charge in [-0.1, -0.05) is 13.8 Å². The van der Waals surface area contributed by atoms with E-state index in [1.165, 1.54) is 12.3 Å². The van der Waals surface area contributed by atoms with Crippen LogP contribution in [0.4, 0.5) is 0 Å². The summed E-state index contributed by atoms with van der Waals surface area (Å²) in [7, 11) is 0. The molecule has 0 atom stereocenters. The van der Waals surface area contributed by atoms with Gasteiger partial charge in [-0.15, -0.1) is 0 Å². The summed E-state index contributed by atoms with van der Waals surface area (Å²) in [6.45, 7) is 4.14. The van der Waals surface area contributed by atoms with Gasteiger partial charge in [-0.2, -0.15) is 0 Å². The van der Waals surface area contributed by atoms with Gasteiger partial charge in [-0.25, -0.2) is 4.98 Å². The molecule has 1 radical (unpaired) electrons. The summed E-state index contributed by atoms with van der Waals surface area (Å²) < 4.78 is 5.01. The van der Waals surface area contributed by atoms with E-state index in [2.05, 4.69) is 18.8 Å². The van der Waals surface area contributed by atoms with Crippen molar-refractivity contribution in [3.05, 3.63) is 24.3 Å². The molecule has 1 aromatic rings. The normalized spacial score (nSPS) is 10.6. The second-order valence-electron chi connectivity index (χ2n) is 2.35. The molecule has 0 aliphatic heterocycles. The van der Waals surface area contributed by atoms with Gasteiger partial charge in [0.25, 0.3) is 0 Å². The molecule has 1 rings (SSSR count). The summed E-state index contributed by atoms with van der Waals surface area (Å²) >= 11 is 0. The third kappa shape index (κ3) is 1.88. The molecule has 2 nitrogen and oxygen atoms in total. The maximum absolute atomic E-state index is 5.01. The third-order valence-corrected chi connectivity index (χ3v) is 1.01. The summed E-state index contributed by atoms with van der Waals surface area (Å²) in [4.78, 5) is 3.80. The first kappa shape index (κ1) is 6.33. The quantitative estimate of drug-likeness (QED) is 0.601. The van der Waals surface area contributed by atoms with Crippen molar-refractivity contribution in [3.8, 4) is 0 Å². The van der Waals surface area contributed by atoms with Gasteiger partial charge in [0, 0.05) is 6.42 Å². The molecule has 9 heavy (non-hydrogen) atoms. The van der Waals surface area contributed by atoms with E-state index in [0.717, 1.165) is 12.2 Å². The SMILES string of the molecule is C[C](C)Cc1cnco1. The van der Waals surface area contributed by atoms with Crippen molar-refractivity contribution >= 4 is 0 Å². The zero-order valence-corrected chi connectivity index (χ0v) is 5.72. The van der Waals surface area contributed by atoms with E-state index < -0.39 is 0 Å². The second kappa shape index (κ2) is 2.67. The Morgan fingerprint density at radius 1 is 1.67 bits per heavy atom. The molecule has 49 valence electrons. The van der Waals surface area contributed by atoms with Gasteiger partial charge < -0.3 is 4.42 Å². The van der Waals surface area contributed by atoms with E-state index >= 15 is 0 Å². The molecule has 0 aliphatic carbocycles. The fourth-order valence-corrected chi connectivity index (χ4v) is 0.678. The largest absolute Gasteiger partial charge is 0.449 e. The van der Waals surface area contributed by atoms with Crippen molar-refractivity contribution in [2.24, 2.45) is 0 Å². The molecule has 0 fully saturated rings. The summed E-state index contributed by atoms with van der Waals surface area (Å²) in [5.74, 6) is 2.28. The monoisotopic (exact) mass is 124 g/mol. The first-order chi connectivity index (χ1) is 4.29. The van der Waals surface area contributed by atoms with Crippen LogP contribution >= 0.6 is 0 Å². The molecule has 0 saturated heterocycles. The molecule has 0 N–H and O–H groups in total. The number of oxazole rings is 1. The predicted octanol–water partition coefficient (Wildman–Crippen LogP) is 1.83. The molecular formula is C7H10NO. The van der Waals surface area contributed by atoms with Crippen LogP contribution < -0.4 is 0 Å². The van der Waals surface area contributed by atoms with Crippen LogP contribution in [0, 0.1) is 5.92 Å². The predicted molar refractivity (Wildman–Crippen MR) is 34.8 cm³/mol. The lowest BCUT2D eigenvalue weighted by Crippen LogP contribution is -1.88. The summed E-state index contributed by atoms with van der Waals surface area (Å²) in [5.41, 5.74) is 0. The summed E-state index contributed by atoms with van der Waals surface area (Å²) in [5, 5.41) is 0. The molecular weight excluding hydrogens is 114 g/mol. The molecule has 0 spiro atoms. The maximum atomic E-state index is 5.01. The number of aromatic nitrogens is 1. The fourth-order valence-electron chi connectivity index (χ4n) is 0.678. The number of rotatable bonds is 2. The topological polar surface area (TPSA) is 26.0 Å². The van der Waals surface area contributed by atoms with Crippen molar-refractivity contribution in [1.82, 2.24) is 4.98 Å². The lowest BCUT2D eigenvalue weighted by molar-refractivity contribution is 0.506. The Hall–Kier alpha value is -0.790. The highest BCUT2D eigenvalue weighted by Crippen LogP contribution is 2.06. The summed E-state index contributed by atoms with van der Waals surface area (Å²) in [6.07, 6.45) is 4.10. The van der Waals surface area contributed by atoms with E-state index in [-0.39, 0.29) is 0 Å². The van der Waals surface area contributed by atoms with Crippen molar-refractivity contribution in [3.63, 3.8) is 0 Å². The molecule has 0 saturated carbocycles. The van der Waals surface area contributed by atoms with Crippen molar-refractivity contribution in [2.75, 3.05) is 0 Å². The van der Waals surface area contributed by atoms with Crippen LogP contribution in [-0.4, -0.2) is 4.98 Å². The minimum Gasteiger partial charge on any atom is -0.449 e. The first-order valence-electron chi connectivity index (χ1n) is 2.95. The van der Waals surface area contributed by atoms with Gasteiger partial charge >= 0.3 is 0 Å². The van der Waals surface area contributed by atoms with Crippen LogP contribution in [0.25, 0.3) is 0 Å². The molecule has 1 heterocycles. The molecule has 2 heteroatoms. The van der Waals surface area contributed by atoms with Gasteiger partial charge in [0.2, 0.25) is 0 Å². The highest BCUT2D eigenvalue weighted by atomic mass is 16.3. The first-order valence-corrected chi connectivity index (χ1v) is 2.95. The second-order valence-corrected chi connectivity index (χ2v) is 2.35. The average molecular weight is 124 g/mol. The van der Waals surface area contributed by atoms with E-state index in [4.69, 9.17) is 4.42 Å².